The number of aliphatic hydroxyl groups excluding tert-OH is 2. The van der Waals surface area contributed by atoms with Crippen LogP contribution in [0, 0.1) is 6.92 Å². The van der Waals surface area contributed by atoms with E-state index in [0.717, 1.165) is 0 Å². The molecule has 0 aliphatic heterocycles. The Balaban J connectivity index is 2.91. The van der Waals surface area contributed by atoms with Crippen LogP contribution in [0.5, 0.6) is 0 Å². The van der Waals surface area contributed by atoms with Crippen LogP contribution in [0.15, 0.2) is 0 Å². The minimum Gasteiger partial charge on any atom is -0.391 e. The Labute approximate surface area is 55.3 Å². The normalized spacial score (nSPS) is 17.3. The molecule has 0 aliphatic carbocycles. The molecule has 0 aromatic carbocycles. The molecule has 55 valence electrons. The fourth-order valence-corrected chi connectivity index (χ4v) is 0.375. The Bertz CT molecular complexity index is 53.3. The summed E-state index contributed by atoms with van der Waals surface area (Å²) < 4.78 is 4.79. The Hall–Kier alpha value is -0.120. The smallest absolute Gasteiger partial charge is 0.0774 e. The molecule has 0 bridgehead atoms. The van der Waals surface area contributed by atoms with Crippen LogP contribution in [0.25, 0.3) is 0 Å². The maximum Gasteiger partial charge on any atom is 0.0774 e. The molecule has 0 saturated carbocycles. The molecule has 0 spiro atoms. The van der Waals surface area contributed by atoms with E-state index in [2.05, 4.69) is 6.92 Å². The van der Waals surface area contributed by atoms with Crippen molar-refractivity contribution < 1.29 is 14.9 Å². The van der Waals surface area contributed by atoms with Crippen LogP contribution in [-0.2, 0) is 4.74 Å². The first kappa shape index (κ1) is 8.88. The lowest BCUT2D eigenvalue weighted by molar-refractivity contribution is 0.0110. The highest BCUT2D eigenvalue weighted by Crippen LogP contribution is 1.85. The van der Waals surface area contributed by atoms with E-state index in [9.17, 15) is 0 Å². The van der Waals surface area contributed by atoms with Gasteiger partial charge in [0.15, 0.2) is 0 Å². The lowest BCUT2D eigenvalue weighted by atomic mass is 10.4. The molecule has 3 nitrogen and oxygen atoms in total. The van der Waals surface area contributed by atoms with Crippen molar-refractivity contribution in [1.29, 1.82) is 0 Å². The van der Waals surface area contributed by atoms with E-state index in [-0.39, 0.29) is 13.2 Å². The summed E-state index contributed by atoms with van der Waals surface area (Å²) in [7, 11) is 0. The molecule has 1 radical (unpaired) electrons. The van der Waals surface area contributed by atoms with Crippen LogP contribution in [0.2, 0.25) is 0 Å². The molecule has 2 N–H and O–H groups in total. The zero-order valence-electron chi connectivity index (χ0n) is 5.58. The predicted molar refractivity (Wildman–Crippen MR) is 33.9 cm³/mol. The molecule has 0 aromatic heterocycles. The first-order chi connectivity index (χ1) is 4.13. The van der Waals surface area contributed by atoms with E-state index >= 15 is 0 Å². The summed E-state index contributed by atoms with van der Waals surface area (Å²) in [5.74, 6) is 0. The summed E-state index contributed by atoms with van der Waals surface area (Å²) in [6.07, 6.45) is -1.16. The van der Waals surface area contributed by atoms with E-state index in [0.29, 0.717) is 0 Å². The van der Waals surface area contributed by atoms with Crippen LogP contribution >= 0.6 is 0 Å². The monoisotopic (exact) mass is 133 g/mol. The lowest BCUT2D eigenvalue weighted by Crippen LogP contribution is -2.17. The number of aliphatic hydroxyl groups is 2. The minimum atomic E-state index is -0.691. The second-order valence-corrected chi connectivity index (χ2v) is 2.04. The molecule has 0 rings (SSSR count). The van der Waals surface area contributed by atoms with Crippen LogP contribution < -0.4 is 0 Å². The SMILES string of the molecule is [CH2]C(O)COCC(C)O. The lowest BCUT2D eigenvalue weighted by Gasteiger charge is -2.06. The summed E-state index contributed by atoms with van der Waals surface area (Å²) in [5.41, 5.74) is 0. The molecule has 0 aliphatic rings. The van der Waals surface area contributed by atoms with Crippen molar-refractivity contribution in [2.24, 2.45) is 0 Å². The standard InChI is InChI=1S/C6H13O3/c1-5(7)3-9-4-6(2)8/h5-8H,1,3-4H2,2H3. The van der Waals surface area contributed by atoms with Gasteiger partial charge in [-0.05, 0) is 13.8 Å². The molecular weight excluding hydrogens is 120 g/mol. The molecule has 0 fully saturated rings. The van der Waals surface area contributed by atoms with Crippen molar-refractivity contribution in [2.45, 2.75) is 19.1 Å². The van der Waals surface area contributed by atoms with E-state index in [4.69, 9.17) is 14.9 Å². The maximum absolute atomic E-state index is 8.64. The Morgan fingerprint density at radius 2 is 2.00 bits per heavy atom. The molecule has 0 amide bonds. The highest BCUT2D eigenvalue weighted by Gasteiger charge is 1.97. The average molecular weight is 133 g/mol. The maximum atomic E-state index is 8.64. The topological polar surface area (TPSA) is 49.7 Å². The molecule has 3 heteroatoms. The van der Waals surface area contributed by atoms with Crippen LogP contribution in [-0.4, -0.2) is 35.6 Å². The van der Waals surface area contributed by atoms with Gasteiger partial charge in [-0.15, -0.1) is 0 Å². The summed E-state index contributed by atoms with van der Waals surface area (Å²) in [6, 6.07) is 0. The quantitative estimate of drug-likeness (QED) is 0.547. The van der Waals surface area contributed by atoms with Crippen molar-refractivity contribution in [2.75, 3.05) is 13.2 Å². The number of hydrogen-bond donors (Lipinski definition) is 2. The zero-order chi connectivity index (χ0) is 7.28. The van der Waals surface area contributed by atoms with Crippen molar-refractivity contribution in [3.8, 4) is 0 Å². The van der Waals surface area contributed by atoms with Gasteiger partial charge in [0.05, 0.1) is 25.4 Å². The van der Waals surface area contributed by atoms with Crippen molar-refractivity contribution in [1.82, 2.24) is 0 Å². The third-order valence-electron chi connectivity index (χ3n) is 0.669. The van der Waals surface area contributed by atoms with Crippen molar-refractivity contribution in [3.63, 3.8) is 0 Å². The van der Waals surface area contributed by atoms with Gasteiger partial charge in [-0.25, -0.2) is 0 Å². The molecule has 0 heterocycles. The number of hydrogen-bond acceptors (Lipinski definition) is 3. The Kier molecular flexibility index (Phi) is 4.67. The molecule has 2 atom stereocenters. The van der Waals surface area contributed by atoms with Crippen molar-refractivity contribution >= 4 is 0 Å². The zero-order valence-corrected chi connectivity index (χ0v) is 5.58. The highest BCUT2D eigenvalue weighted by atomic mass is 16.5. The van der Waals surface area contributed by atoms with E-state index < -0.39 is 12.2 Å². The largest absolute Gasteiger partial charge is 0.391 e. The number of rotatable bonds is 4. The summed E-state index contributed by atoms with van der Waals surface area (Å²) >= 11 is 0. The summed E-state index contributed by atoms with van der Waals surface area (Å²) in [6.45, 7) is 5.35. The van der Waals surface area contributed by atoms with Crippen LogP contribution in [0.3, 0.4) is 0 Å². The van der Waals surface area contributed by atoms with Gasteiger partial charge in [-0.2, -0.15) is 0 Å². The molecular formula is C6H13O3. The van der Waals surface area contributed by atoms with Gasteiger partial charge >= 0.3 is 0 Å². The van der Waals surface area contributed by atoms with Gasteiger partial charge in [0.2, 0.25) is 0 Å². The van der Waals surface area contributed by atoms with Crippen molar-refractivity contribution in [3.05, 3.63) is 6.92 Å². The van der Waals surface area contributed by atoms with Gasteiger partial charge in [-0.3, -0.25) is 0 Å². The average Bonchev–Trinajstić information content (AvgIpc) is 1.63. The fraction of sp³-hybridized carbons (Fsp3) is 0.833. The molecule has 0 aromatic rings. The first-order valence-electron chi connectivity index (χ1n) is 2.90. The Morgan fingerprint density at radius 3 is 2.33 bits per heavy atom. The fourth-order valence-electron chi connectivity index (χ4n) is 0.375. The van der Waals surface area contributed by atoms with Gasteiger partial charge in [0.1, 0.15) is 0 Å². The van der Waals surface area contributed by atoms with Gasteiger partial charge in [0.25, 0.3) is 0 Å². The second kappa shape index (κ2) is 4.73. The summed E-state index contributed by atoms with van der Waals surface area (Å²) in [4.78, 5) is 0. The first-order valence-corrected chi connectivity index (χ1v) is 2.90. The van der Waals surface area contributed by atoms with E-state index in [1.165, 1.54) is 0 Å². The third kappa shape index (κ3) is 7.88. The second-order valence-electron chi connectivity index (χ2n) is 2.04. The Morgan fingerprint density at radius 1 is 1.44 bits per heavy atom. The van der Waals surface area contributed by atoms with Gasteiger partial charge in [0, 0.05) is 0 Å². The van der Waals surface area contributed by atoms with Crippen LogP contribution in [0.4, 0.5) is 0 Å². The molecule has 0 saturated heterocycles. The van der Waals surface area contributed by atoms with E-state index in [1.54, 1.807) is 6.92 Å². The third-order valence-corrected chi connectivity index (χ3v) is 0.669. The van der Waals surface area contributed by atoms with Gasteiger partial charge in [-0.1, -0.05) is 0 Å². The predicted octanol–water partition coefficient (Wildman–Crippen LogP) is -0.421. The van der Waals surface area contributed by atoms with E-state index in [1.807, 2.05) is 0 Å². The van der Waals surface area contributed by atoms with Gasteiger partial charge < -0.3 is 14.9 Å². The van der Waals surface area contributed by atoms with Crippen LogP contribution in [0.1, 0.15) is 6.92 Å². The number of ether oxygens (including phenoxy) is 1. The molecule has 9 heavy (non-hydrogen) atoms. The minimum absolute atomic E-state index is 0.185. The summed E-state index contributed by atoms with van der Waals surface area (Å²) in [5, 5.41) is 17.2. The molecule has 2 unspecified atom stereocenters. The highest BCUT2D eigenvalue weighted by molar-refractivity contribution is 4.53.